The van der Waals surface area contributed by atoms with Crippen molar-refractivity contribution in [3.63, 3.8) is 0 Å². The highest BCUT2D eigenvalue weighted by Crippen LogP contribution is 2.48. The minimum absolute atomic E-state index is 0.00964. The zero-order chi connectivity index (χ0) is 35.2. The van der Waals surface area contributed by atoms with E-state index in [1.54, 1.807) is 0 Å². The molecule has 4 heterocycles. The molecule has 0 amide bonds. The Morgan fingerprint density at radius 3 is 1.69 bits per heavy atom. The Morgan fingerprint density at radius 1 is 0.510 bits per heavy atom. The van der Waals surface area contributed by atoms with Gasteiger partial charge in [0, 0.05) is 52.0 Å². The lowest BCUT2D eigenvalue weighted by atomic mass is 9.30. The SMILES string of the molecule is CC(C)(C)c1ccc(N2c3cc4sc5ccccc5c4cc3B3c4cc5c(cc4C(C)(C)c4cc(C(C)(C)C)cc2c43)sc2ccccc25)cc1. The topological polar surface area (TPSA) is 3.24 Å². The van der Waals surface area contributed by atoms with Crippen LogP contribution in [-0.2, 0) is 16.2 Å². The van der Waals surface area contributed by atoms with Gasteiger partial charge in [-0.1, -0.05) is 128 Å². The third-order valence-electron chi connectivity index (χ3n) is 11.8. The van der Waals surface area contributed by atoms with Gasteiger partial charge in [-0.2, -0.15) is 0 Å². The van der Waals surface area contributed by atoms with E-state index in [0.717, 1.165) is 0 Å². The Bertz CT molecular complexity index is 2750. The fourth-order valence-electron chi connectivity index (χ4n) is 8.99. The second kappa shape index (κ2) is 10.4. The third kappa shape index (κ3) is 4.45. The molecule has 6 aromatic carbocycles. The van der Waals surface area contributed by atoms with Crippen molar-refractivity contribution in [2.75, 3.05) is 4.90 Å². The number of nitrogens with zero attached hydrogens (tertiary/aromatic N) is 1. The monoisotopic (exact) mass is 695 g/mol. The highest BCUT2D eigenvalue weighted by atomic mass is 32.1. The lowest BCUT2D eigenvalue weighted by molar-refractivity contribution is 0.583. The van der Waals surface area contributed by atoms with Crippen molar-refractivity contribution in [1.82, 2.24) is 0 Å². The number of hydrogen-bond donors (Lipinski definition) is 0. The molecule has 10 rings (SSSR count). The molecular weight excluding hydrogens is 653 g/mol. The molecule has 0 aliphatic carbocycles. The first-order valence-electron chi connectivity index (χ1n) is 18.3. The van der Waals surface area contributed by atoms with E-state index in [1.807, 2.05) is 22.7 Å². The van der Waals surface area contributed by atoms with Crippen LogP contribution < -0.4 is 21.3 Å². The summed E-state index contributed by atoms with van der Waals surface area (Å²) in [5.41, 5.74) is 13.7. The van der Waals surface area contributed by atoms with Gasteiger partial charge in [0.25, 0.3) is 0 Å². The molecule has 0 radical (unpaired) electrons. The van der Waals surface area contributed by atoms with Gasteiger partial charge in [0.15, 0.2) is 0 Å². The first-order chi connectivity index (χ1) is 24.3. The summed E-state index contributed by atoms with van der Waals surface area (Å²) in [5.74, 6) is 0. The maximum Gasteiger partial charge on any atom is 0.247 e. The fraction of sp³-hybridized carbons (Fsp3) is 0.234. The van der Waals surface area contributed by atoms with Gasteiger partial charge >= 0.3 is 0 Å². The summed E-state index contributed by atoms with van der Waals surface area (Å²) in [6.07, 6.45) is 0. The van der Waals surface area contributed by atoms with Gasteiger partial charge in [0.2, 0.25) is 6.71 Å². The summed E-state index contributed by atoms with van der Waals surface area (Å²) in [7, 11) is 0. The highest BCUT2D eigenvalue weighted by Gasteiger charge is 2.47. The van der Waals surface area contributed by atoms with E-state index in [9.17, 15) is 0 Å². The van der Waals surface area contributed by atoms with E-state index in [2.05, 4.69) is 169 Å². The maximum absolute atomic E-state index is 2.61. The molecule has 2 aromatic heterocycles. The molecule has 0 atom stereocenters. The van der Waals surface area contributed by atoms with E-state index in [-0.39, 0.29) is 23.0 Å². The number of hydrogen-bond acceptors (Lipinski definition) is 3. The second-order valence-corrected chi connectivity index (χ2v) is 19.6. The van der Waals surface area contributed by atoms with Crippen molar-refractivity contribution in [2.24, 2.45) is 0 Å². The van der Waals surface area contributed by atoms with Crippen LogP contribution in [0.2, 0.25) is 0 Å². The lowest BCUT2D eigenvalue weighted by Gasteiger charge is -2.46. The van der Waals surface area contributed by atoms with E-state index in [1.165, 1.54) is 96.0 Å². The number of fused-ring (bicyclic) bond motifs is 10. The standard InChI is InChI=1S/C47H42BNS2/c1-45(2,3)27-17-19-29(20-18-27)49-38-26-43-33(31-14-10-12-16-41(31)51-43)24-37(38)48-36-23-32-30-13-9-11-15-40(30)50-42(32)25-34(36)47(7,8)35-21-28(46(4,5)6)22-39(49)44(35)48/h9-26H,1-8H3. The molecule has 0 saturated carbocycles. The smallest absolute Gasteiger partial charge is 0.247 e. The Balaban J connectivity index is 1.36. The summed E-state index contributed by atoms with van der Waals surface area (Å²) in [5, 5.41) is 5.46. The van der Waals surface area contributed by atoms with Crippen LogP contribution in [0.15, 0.2) is 109 Å². The highest BCUT2D eigenvalue weighted by molar-refractivity contribution is 7.26. The quantitative estimate of drug-likeness (QED) is 0.155. The van der Waals surface area contributed by atoms with Gasteiger partial charge in [0.05, 0.1) is 0 Å². The predicted molar refractivity (Wildman–Crippen MR) is 228 cm³/mol. The van der Waals surface area contributed by atoms with Crippen LogP contribution >= 0.6 is 22.7 Å². The van der Waals surface area contributed by atoms with Crippen LogP contribution in [0, 0.1) is 0 Å². The molecule has 0 N–H and O–H groups in total. The Hall–Kier alpha value is -4.38. The van der Waals surface area contributed by atoms with Crippen LogP contribution in [0.4, 0.5) is 17.1 Å². The van der Waals surface area contributed by atoms with E-state index >= 15 is 0 Å². The predicted octanol–water partition coefficient (Wildman–Crippen LogP) is 12.0. The van der Waals surface area contributed by atoms with Crippen molar-refractivity contribution in [3.8, 4) is 0 Å². The fourth-order valence-corrected chi connectivity index (χ4v) is 11.2. The largest absolute Gasteiger partial charge is 0.311 e. The van der Waals surface area contributed by atoms with E-state index < -0.39 is 0 Å². The Labute approximate surface area is 309 Å². The first-order valence-corrected chi connectivity index (χ1v) is 19.9. The molecule has 2 aliphatic rings. The van der Waals surface area contributed by atoms with Gasteiger partial charge in [-0.15, -0.1) is 22.7 Å². The van der Waals surface area contributed by atoms with E-state index in [4.69, 9.17) is 0 Å². The van der Waals surface area contributed by atoms with E-state index in [0.29, 0.717) is 0 Å². The lowest BCUT2D eigenvalue weighted by Crippen LogP contribution is -2.64. The normalized spacial score (nSPS) is 15.1. The molecule has 1 nitrogen and oxygen atoms in total. The van der Waals surface area contributed by atoms with Gasteiger partial charge in [-0.05, 0) is 97.2 Å². The summed E-state index contributed by atoms with van der Waals surface area (Å²) in [6.45, 7) is 19.1. The molecule has 4 heteroatoms. The zero-order valence-electron chi connectivity index (χ0n) is 30.7. The molecular formula is C47H42BNS2. The zero-order valence-corrected chi connectivity index (χ0v) is 32.4. The molecule has 0 unspecified atom stereocenters. The molecule has 51 heavy (non-hydrogen) atoms. The van der Waals surface area contributed by atoms with Gasteiger partial charge in [-0.3, -0.25) is 0 Å². The molecule has 8 aromatic rings. The summed E-state index contributed by atoms with van der Waals surface area (Å²) < 4.78 is 5.44. The molecule has 250 valence electrons. The van der Waals surface area contributed by atoms with Gasteiger partial charge in [0.1, 0.15) is 0 Å². The second-order valence-electron chi connectivity index (χ2n) is 17.4. The van der Waals surface area contributed by atoms with Gasteiger partial charge < -0.3 is 4.90 Å². The van der Waals surface area contributed by atoms with Gasteiger partial charge in [-0.25, -0.2) is 0 Å². The number of thiophene rings is 2. The third-order valence-corrected chi connectivity index (χ3v) is 14.1. The van der Waals surface area contributed by atoms with Crippen molar-refractivity contribution >= 4 is 103 Å². The van der Waals surface area contributed by atoms with Crippen LogP contribution in [0.3, 0.4) is 0 Å². The number of rotatable bonds is 1. The summed E-state index contributed by atoms with van der Waals surface area (Å²) in [4.78, 5) is 2.61. The van der Waals surface area contributed by atoms with Crippen molar-refractivity contribution < 1.29 is 0 Å². The van der Waals surface area contributed by atoms with Crippen LogP contribution in [-0.4, -0.2) is 6.71 Å². The van der Waals surface area contributed by atoms with Crippen LogP contribution in [0.1, 0.15) is 77.6 Å². The Kier molecular flexibility index (Phi) is 6.38. The van der Waals surface area contributed by atoms with Crippen LogP contribution in [0.25, 0.3) is 40.3 Å². The maximum atomic E-state index is 2.61. The minimum atomic E-state index is -0.181. The summed E-state index contributed by atoms with van der Waals surface area (Å²) in [6, 6.07) is 42.6. The first kappa shape index (κ1) is 31.4. The average Bonchev–Trinajstić information content (AvgIpc) is 3.65. The molecule has 0 bridgehead atoms. The molecule has 0 spiro atoms. The molecule has 0 saturated heterocycles. The summed E-state index contributed by atoms with van der Waals surface area (Å²) >= 11 is 3.85. The molecule has 2 aliphatic heterocycles. The van der Waals surface area contributed by atoms with Crippen LogP contribution in [0.5, 0.6) is 0 Å². The average molecular weight is 696 g/mol. The van der Waals surface area contributed by atoms with Crippen molar-refractivity contribution in [3.05, 3.63) is 131 Å². The minimum Gasteiger partial charge on any atom is -0.311 e. The molecule has 0 fully saturated rings. The number of anilines is 3. The van der Waals surface area contributed by atoms with Crippen molar-refractivity contribution in [1.29, 1.82) is 0 Å². The Morgan fingerprint density at radius 2 is 1.08 bits per heavy atom. The number of benzene rings is 6. The van der Waals surface area contributed by atoms with Crippen molar-refractivity contribution in [2.45, 2.75) is 71.6 Å².